The van der Waals surface area contributed by atoms with E-state index >= 15 is 0 Å². The highest BCUT2D eigenvalue weighted by atomic mass is 28.4. The average molecular weight is 521 g/mol. The molecule has 0 saturated heterocycles. The Kier molecular flexibility index (Phi) is 7.91. The topological polar surface area (TPSA) is 38.7 Å². The Hall–Kier alpha value is -2.20. The third-order valence-corrected chi connectivity index (χ3v) is 15.2. The van der Waals surface area contributed by atoms with Crippen LogP contribution in [0.4, 0.5) is 0 Å². The summed E-state index contributed by atoms with van der Waals surface area (Å²) in [6, 6.07) is 12.4. The molecule has 2 aromatic carbocycles. The van der Waals surface area contributed by atoms with Crippen LogP contribution in [-0.2, 0) is 0 Å². The van der Waals surface area contributed by atoms with Crippen LogP contribution in [0.2, 0.25) is 16.6 Å². The Bertz CT molecular complexity index is 1110. The quantitative estimate of drug-likeness (QED) is 0.292. The molecule has 37 heavy (non-hydrogen) atoms. The largest absolute Gasteiger partial charge is 0.542 e. The summed E-state index contributed by atoms with van der Waals surface area (Å²) in [7, 11) is -2.07. The highest BCUT2D eigenvalue weighted by Crippen LogP contribution is 2.55. The summed E-state index contributed by atoms with van der Waals surface area (Å²) >= 11 is 0. The zero-order valence-electron chi connectivity index (χ0n) is 24.5. The van der Waals surface area contributed by atoms with E-state index in [-0.39, 0.29) is 5.60 Å². The lowest BCUT2D eigenvalue weighted by atomic mass is 9.64. The average Bonchev–Trinajstić information content (AvgIpc) is 2.80. The van der Waals surface area contributed by atoms with Gasteiger partial charge in [0.05, 0.1) is 0 Å². The van der Waals surface area contributed by atoms with E-state index in [9.17, 15) is 5.11 Å². The molecule has 1 aliphatic heterocycles. The molecule has 0 bridgehead atoms. The number of ether oxygens (including phenoxy) is 1. The second-order valence-electron chi connectivity index (χ2n) is 13.1. The van der Waals surface area contributed by atoms with Gasteiger partial charge in [-0.1, -0.05) is 85.2 Å². The van der Waals surface area contributed by atoms with E-state index in [4.69, 9.17) is 9.16 Å². The summed E-state index contributed by atoms with van der Waals surface area (Å²) in [6.45, 7) is 20.7. The minimum Gasteiger partial charge on any atom is -0.542 e. The van der Waals surface area contributed by atoms with Crippen LogP contribution in [0.15, 0.2) is 36.4 Å². The second-order valence-corrected chi connectivity index (χ2v) is 18.5. The number of rotatable bonds is 7. The van der Waals surface area contributed by atoms with Crippen molar-refractivity contribution in [1.29, 1.82) is 0 Å². The molecule has 0 radical (unpaired) electrons. The first-order chi connectivity index (χ1) is 17.4. The molecular weight excluding hydrogens is 472 g/mol. The number of phenolic OH excluding ortho intramolecular Hbond substituents is 1. The maximum atomic E-state index is 11.2. The van der Waals surface area contributed by atoms with Gasteiger partial charge in [0, 0.05) is 17.0 Å². The minimum absolute atomic E-state index is 0.231. The number of phenols is 1. The van der Waals surface area contributed by atoms with Gasteiger partial charge in [-0.25, -0.2) is 0 Å². The Morgan fingerprint density at radius 2 is 1.62 bits per heavy atom. The molecule has 3 atom stereocenters. The highest BCUT2D eigenvalue weighted by molar-refractivity contribution is 6.78. The summed E-state index contributed by atoms with van der Waals surface area (Å²) in [5, 5.41) is 11.2. The molecule has 0 unspecified atom stereocenters. The van der Waals surface area contributed by atoms with Crippen molar-refractivity contribution in [2.75, 3.05) is 0 Å². The van der Waals surface area contributed by atoms with E-state index in [0.29, 0.717) is 40.1 Å². The van der Waals surface area contributed by atoms with Crippen LogP contribution < -0.4 is 9.16 Å². The third-order valence-electron chi connectivity index (χ3n) is 9.26. The van der Waals surface area contributed by atoms with Gasteiger partial charge in [-0.3, -0.25) is 0 Å². The fourth-order valence-electron chi connectivity index (χ4n) is 7.52. The first-order valence-corrected chi connectivity index (χ1v) is 16.5. The number of fused-ring (bicyclic) bond motifs is 3. The molecule has 4 rings (SSSR count). The maximum absolute atomic E-state index is 11.2. The Morgan fingerprint density at radius 3 is 2.27 bits per heavy atom. The molecule has 1 fully saturated rings. The van der Waals surface area contributed by atoms with Gasteiger partial charge in [0.25, 0.3) is 8.32 Å². The lowest BCUT2D eigenvalue weighted by Gasteiger charge is -2.48. The van der Waals surface area contributed by atoms with E-state index in [2.05, 4.69) is 105 Å². The molecule has 2 aromatic rings. The van der Waals surface area contributed by atoms with Crippen LogP contribution in [0.25, 0.3) is 12.2 Å². The van der Waals surface area contributed by atoms with Crippen LogP contribution in [0.5, 0.6) is 17.2 Å². The van der Waals surface area contributed by atoms with E-state index in [1.54, 1.807) is 0 Å². The zero-order chi connectivity index (χ0) is 27.1. The van der Waals surface area contributed by atoms with Crippen LogP contribution in [0.1, 0.15) is 104 Å². The summed E-state index contributed by atoms with van der Waals surface area (Å²) in [6.07, 6.45) is 7.71. The summed E-state index contributed by atoms with van der Waals surface area (Å²) < 4.78 is 13.6. The predicted octanol–water partition coefficient (Wildman–Crippen LogP) is 9.81. The van der Waals surface area contributed by atoms with Crippen molar-refractivity contribution in [3.8, 4) is 17.2 Å². The second kappa shape index (κ2) is 10.5. The molecule has 1 N–H and O–H groups in total. The van der Waals surface area contributed by atoms with Crippen molar-refractivity contribution in [2.24, 2.45) is 11.8 Å². The fourth-order valence-corrected chi connectivity index (χ4v) is 12.8. The first-order valence-electron chi connectivity index (χ1n) is 14.4. The Morgan fingerprint density at radius 1 is 0.973 bits per heavy atom. The highest BCUT2D eigenvalue weighted by Gasteiger charge is 2.48. The molecular formula is C33H48O3Si. The number of aromatic hydroxyl groups is 1. The first kappa shape index (κ1) is 27.8. The number of para-hydroxylation sites is 1. The van der Waals surface area contributed by atoms with Gasteiger partial charge in [-0.15, -0.1) is 0 Å². The molecule has 1 saturated carbocycles. The van der Waals surface area contributed by atoms with Crippen LogP contribution >= 0.6 is 0 Å². The number of benzene rings is 2. The van der Waals surface area contributed by atoms with Crippen molar-refractivity contribution >= 4 is 20.5 Å². The molecule has 3 nitrogen and oxygen atoms in total. The van der Waals surface area contributed by atoms with Crippen LogP contribution in [0, 0.1) is 11.8 Å². The van der Waals surface area contributed by atoms with E-state index in [1.165, 1.54) is 6.42 Å². The standard InChI is InChI=1S/C33H48O3Si/c1-21(2)37(22(3)4,23(5)6)36-30-13-11-10-12-26(30)16-15-25-19-29(34)32-27-18-24(7)14-17-28(27)33(8,9)35-31(32)20-25/h10-13,15-16,19-24,27-28,34H,14,17-18H2,1-9H3/b16-15+/t24-,27-,28-/m0/s1. The van der Waals surface area contributed by atoms with Crippen LogP contribution in [-0.4, -0.2) is 19.0 Å². The summed E-state index contributed by atoms with van der Waals surface area (Å²) in [4.78, 5) is 0. The molecule has 1 heterocycles. The molecule has 0 spiro atoms. The van der Waals surface area contributed by atoms with Crippen molar-refractivity contribution in [1.82, 2.24) is 0 Å². The van der Waals surface area contributed by atoms with Gasteiger partial charge >= 0.3 is 0 Å². The molecule has 2 aliphatic rings. The minimum atomic E-state index is -2.07. The number of hydrogen-bond acceptors (Lipinski definition) is 3. The number of hydrogen-bond donors (Lipinski definition) is 1. The zero-order valence-corrected chi connectivity index (χ0v) is 25.5. The van der Waals surface area contributed by atoms with Crippen molar-refractivity contribution < 1.29 is 14.3 Å². The maximum Gasteiger partial charge on any atom is 0.258 e. The van der Waals surface area contributed by atoms with Crippen molar-refractivity contribution in [3.05, 3.63) is 53.1 Å². The monoisotopic (exact) mass is 520 g/mol. The van der Waals surface area contributed by atoms with Crippen LogP contribution in [0.3, 0.4) is 0 Å². The summed E-state index contributed by atoms with van der Waals surface area (Å²) in [5.41, 5.74) is 4.33. The van der Waals surface area contributed by atoms with Gasteiger partial charge in [-0.05, 0) is 78.9 Å². The molecule has 0 aromatic heterocycles. The predicted molar refractivity (Wildman–Crippen MR) is 159 cm³/mol. The van der Waals surface area contributed by atoms with Gasteiger partial charge in [0.1, 0.15) is 22.8 Å². The smallest absolute Gasteiger partial charge is 0.258 e. The SMILES string of the molecule is CC(C)[Si](Oc1ccccc1/C=C/c1cc(O)c2c(c1)OC(C)(C)[C@H]1CC[C@H](C)C[C@H]21)(C(C)C)C(C)C. The molecule has 4 heteroatoms. The van der Waals surface area contributed by atoms with Gasteiger partial charge in [0.15, 0.2) is 0 Å². The normalized spacial score (nSPS) is 23.3. The van der Waals surface area contributed by atoms with E-state index in [0.717, 1.165) is 41.0 Å². The van der Waals surface area contributed by atoms with Gasteiger partial charge in [-0.2, -0.15) is 0 Å². The lowest BCUT2D eigenvalue weighted by molar-refractivity contribution is -0.0145. The van der Waals surface area contributed by atoms with E-state index < -0.39 is 8.32 Å². The van der Waals surface area contributed by atoms with Crippen molar-refractivity contribution in [3.63, 3.8) is 0 Å². The third kappa shape index (κ3) is 5.23. The molecule has 0 amide bonds. The lowest BCUT2D eigenvalue weighted by Crippen LogP contribution is -2.50. The molecule has 202 valence electrons. The summed E-state index contributed by atoms with van der Waals surface area (Å²) in [5.74, 6) is 3.65. The fraction of sp³-hybridized carbons (Fsp3) is 0.576. The van der Waals surface area contributed by atoms with Gasteiger partial charge < -0.3 is 14.3 Å². The van der Waals surface area contributed by atoms with Gasteiger partial charge in [0.2, 0.25) is 0 Å². The molecule has 1 aliphatic carbocycles. The Balaban J connectivity index is 1.68. The van der Waals surface area contributed by atoms with Crippen molar-refractivity contribution in [2.45, 2.75) is 110 Å². The van der Waals surface area contributed by atoms with E-state index in [1.807, 2.05) is 6.07 Å². The Labute approximate surface area is 226 Å².